The van der Waals surface area contributed by atoms with Crippen LogP contribution in [0.1, 0.15) is 41.4 Å². The first-order valence-corrected chi connectivity index (χ1v) is 12.2. The highest BCUT2D eigenvalue weighted by molar-refractivity contribution is 6.21. The predicted molar refractivity (Wildman–Crippen MR) is 135 cm³/mol. The Bertz CT molecular complexity index is 1420. The van der Waals surface area contributed by atoms with Crippen LogP contribution in [0.25, 0.3) is 0 Å². The van der Waals surface area contributed by atoms with Gasteiger partial charge in [0.15, 0.2) is 24.6 Å². The number of imide groups is 1. The van der Waals surface area contributed by atoms with Crippen molar-refractivity contribution in [2.75, 3.05) is 7.11 Å². The number of nitrogens with zero attached hydrogens (tertiary/aromatic N) is 1. The number of hydrogen-bond acceptors (Lipinski definition) is 9. The van der Waals surface area contributed by atoms with Crippen LogP contribution in [-0.4, -0.2) is 77.5 Å². The molecule has 5 rings (SSSR count). The largest absolute Gasteiger partial charge is 0.479 e. The van der Waals surface area contributed by atoms with Crippen molar-refractivity contribution >= 4 is 29.7 Å². The second kappa shape index (κ2) is 11.1. The van der Waals surface area contributed by atoms with Crippen LogP contribution in [0, 0.1) is 0 Å². The predicted octanol–water partition coefficient (Wildman–Crippen LogP) is 2.56. The minimum absolute atomic E-state index is 0.0384. The van der Waals surface area contributed by atoms with E-state index in [1.54, 1.807) is 48.5 Å². The van der Waals surface area contributed by atoms with Crippen LogP contribution < -0.4 is 0 Å². The molecule has 1 saturated heterocycles. The van der Waals surface area contributed by atoms with Crippen molar-refractivity contribution in [2.24, 2.45) is 0 Å². The number of carboxylic acid groups (broad SMARTS) is 1. The van der Waals surface area contributed by atoms with E-state index in [0.717, 1.165) is 0 Å². The zero-order chi connectivity index (χ0) is 28.4. The minimum Gasteiger partial charge on any atom is -0.479 e. The highest BCUT2D eigenvalue weighted by atomic mass is 16.7. The monoisotopic (exact) mass is 545 g/mol. The smallest absolute Gasteiger partial charge is 0.338 e. The molecule has 3 aromatic rings. The molecule has 2 aliphatic rings. The fraction of sp³-hybridized carbons (Fsp3) is 0.207. The molecule has 0 radical (unpaired) electrons. The molecule has 0 spiro atoms. The average molecular weight is 546 g/mol. The molecule has 5 atom stereocenters. The number of hydrogen-bond donors (Lipinski definition) is 1. The summed E-state index contributed by atoms with van der Waals surface area (Å²) in [6, 6.07) is 19.9. The summed E-state index contributed by atoms with van der Waals surface area (Å²) in [5.41, 5.74) is 0.320. The van der Waals surface area contributed by atoms with Crippen LogP contribution in [-0.2, 0) is 23.7 Å². The summed E-state index contributed by atoms with van der Waals surface area (Å²) in [6.45, 7) is 0. The summed E-state index contributed by atoms with van der Waals surface area (Å²) in [7, 11) is 1.19. The van der Waals surface area contributed by atoms with Gasteiger partial charge in [0.05, 0.1) is 22.3 Å². The first-order valence-electron chi connectivity index (χ1n) is 12.2. The first-order chi connectivity index (χ1) is 19.3. The van der Waals surface area contributed by atoms with E-state index in [1.807, 2.05) is 0 Å². The van der Waals surface area contributed by atoms with Crippen molar-refractivity contribution in [3.8, 4) is 0 Å². The minimum atomic E-state index is -1.90. The zero-order valence-electron chi connectivity index (χ0n) is 21.0. The third-order valence-corrected chi connectivity index (χ3v) is 6.62. The van der Waals surface area contributed by atoms with Crippen molar-refractivity contribution in [3.63, 3.8) is 0 Å². The maximum Gasteiger partial charge on any atom is 0.338 e. The van der Waals surface area contributed by atoms with E-state index >= 15 is 0 Å². The maximum absolute atomic E-state index is 13.5. The Morgan fingerprint density at radius 3 is 1.62 bits per heavy atom. The van der Waals surface area contributed by atoms with Crippen molar-refractivity contribution in [2.45, 2.75) is 30.6 Å². The number of benzene rings is 3. The number of amides is 2. The van der Waals surface area contributed by atoms with Gasteiger partial charge in [-0.05, 0) is 36.4 Å². The van der Waals surface area contributed by atoms with E-state index in [-0.39, 0.29) is 22.3 Å². The van der Waals surface area contributed by atoms with Gasteiger partial charge in [-0.15, -0.1) is 0 Å². The van der Waals surface area contributed by atoms with Gasteiger partial charge in [-0.2, -0.15) is 0 Å². The number of ether oxygens (including phenoxy) is 4. The van der Waals surface area contributed by atoms with Gasteiger partial charge in [-0.1, -0.05) is 48.5 Å². The normalized spacial score (nSPS) is 23.8. The zero-order valence-corrected chi connectivity index (χ0v) is 21.0. The number of carboxylic acids is 1. The molecular weight excluding hydrogens is 522 g/mol. The Hall–Kier alpha value is -4.87. The summed E-state index contributed by atoms with van der Waals surface area (Å²) in [5.74, 6) is -4.95. The number of aliphatic carboxylic acids is 1. The van der Waals surface area contributed by atoms with Gasteiger partial charge in [0.25, 0.3) is 11.8 Å². The molecule has 40 heavy (non-hydrogen) atoms. The molecule has 0 aromatic heterocycles. The second-order valence-corrected chi connectivity index (χ2v) is 8.99. The lowest BCUT2D eigenvalue weighted by atomic mass is 9.93. The fourth-order valence-electron chi connectivity index (χ4n) is 4.77. The molecule has 2 aliphatic heterocycles. The Morgan fingerprint density at radius 2 is 1.18 bits per heavy atom. The van der Waals surface area contributed by atoms with Crippen LogP contribution in [0.4, 0.5) is 0 Å². The topological polar surface area (TPSA) is 146 Å². The van der Waals surface area contributed by atoms with Gasteiger partial charge in [0.2, 0.25) is 0 Å². The van der Waals surface area contributed by atoms with E-state index in [9.17, 15) is 29.1 Å². The highest BCUT2D eigenvalue weighted by Gasteiger charge is 2.59. The fourth-order valence-corrected chi connectivity index (χ4v) is 4.77. The average Bonchev–Trinajstić information content (AvgIpc) is 3.23. The van der Waals surface area contributed by atoms with Gasteiger partial charge >= 0.3 is 17.9 Å². The van der Waals surface area contributed by atoms with Crippen molar-refractivity contribution in [3.05, 3.63) is 107 Å². The van der Waals surface area contributed by atoms with Gasteiger partial charge in [-0.3, -0.25) is 14.5 Å². The molecule has 11 heteroatoms. The lowest BCUT2D eigenvalue weighted by molar-refractivity contribution is -0.271. The molecular formula is C29H23NO10. The van der Waals surface area contributed by atoms with Crippen LogP contribution in [0.2, 0.25) is 0 Å². The van der Waals surface area contributed by atoms with E-state index in [1.165, 1.54) is 43.5 Å². The van der Waals surface area contributed by atoms with Crippen LogP contribution in [0.15, 0.2) is 84.9 Å². The summed E-state index contributed by atoms with van der Waals surface area (Å²) in [6.07, 6.45) is -6.70. The summed E-state index contributed by atoms with van der Waals surface area (Å²) in [5, 5.41) is 10.1. The summed E-state index contributed by atoms with van der Waals surface area (Å²) in [4.78, 5) is 66.4. The number of esters is 2. The van der Waals surface area contributed by atoms with Crippen LogP contribution in [0.3, 0.4) is 0 Å². The molecule has 0 aliphatic carbocycles. The van der Waals surface area contributed by atoms with Crippen LogP contribution >= 0.6 is 0 Å². The van der Waals surface area contributed by atoms with E-state index in [2.05, 4.69) is 0 Å². The van der Waals surface area contributed by atoms with Gasteiger partial charge in [0.1, 0.15) is 6.04 Å². The maximum atomic E-state index is 13.5. The molecule has 204 valence electrons. The highest BCUT2D eigenvalue weighted by Crippen LogP contribution is 2.35. The third kappa shape index (κ3) is 4.83. The summed E-state index contributed by atoms with van der Waals surface area (Å²) >= 11 is 0. The van der Waals surface area contributed by atoms with E-state index in [0.29, 0.717) is 4.90 Å². The Kier molecular flexibility index (Phi) is 7.41. The van der Waals surface area contributed by atoms with Crippen molar-refractivity contribution in [1.82, 2.24) is 4.90 Å². The first kappa shape index (κ1) is 26.7. The lowest BCUT2D eigenvalue weighted by Crippen LogP contribution is -2.68. The quantitative estimate of drug-likeness (QED) is 0.347. The SMILES string of the molecule is CO[C@@H]1O[C@H](C(=O)O)[C@@H](N2C(=O)c3ccccc3C2=O)[C@H](OC(=O)c2ccccc2)[C@H]1OC(=O)c1ccccc1. The molecule has 1 N–H and O–H groups in total. The molecule has 11 nitrogen and oxygen atoms in total. The van der Waals surface area contributed by atoms with Gasteiger partial charge in [0, 0.05) is 7.11 Å². The van der Waals surface area contributed by atoms with Crippen molar-refractivity contribution in [1.29, 1.82) is 0 Å². The lowest BCUT2D eigenvalue weighted by Gasteiger charge is -2.45. The molecule has 3 aromatic carbocycles. The Labute approximate surface area is 227 Å². The number of rotatable bonds is 7. The molecule has 1 fully saturated rings. The summed E-state index contributed by atoms with van der Waals surface area (Å²) < 4.78 is 22.4. The Morgan fingerprint density at radius 1 is 0.725 bits per heavy atom. The van der Waals surface area contributed by atoms with E-state index in [4.69, 9.17) is 18.9 Å². The standard InChI is InChI=1S/C29H23NO10/c1-37-29-23(39-28(36)17-12-6-3-7-13-17)21(38-27(35)16-10-4-2-5-11-16)20(22(40-29)26(33)34)30-24(31)18-14-8-9-15-19(18)25(30)32/h2-15,20-23,29H,1H3,(H,33,34)/t20-,21-,22-,23+,29+/m0/s1. The second-order valence-electron chi connectivity index (χ2n) is 8.99. The Balaban J connectivity index is 1.60. The van der Waals surface area contributed by atoms with Gasteiger partial charge < -0.3 is 24.1 Å². The molecule has 0 saturated carbocycles. The molecule has 0 bridgehead atoms. The van der Waals surface area contributed by atoms with E-state index < -0.39 is 60.4 Å². The number of carbonyl (C=O) groups is 5. The molecule has 2 heterocycles. The van der Waals surface area contributed by atoms with Crippen LogP contribution in [0.5, 0.6) is 0 Å². The molecule has 2 amide bonds. The number of carbonyl (C=O) groups excluding carboxylic acids is 4. The third-order valence-electron chi connectivity index (χ3n) is 6.62. The molecule has 0 unspecified atom stereocenters. The van der Waals surface area contributed by atoms with Gasteiger partial charge in [-0.25, -0.2) is 14.4 Å². The number of methoxy groups -OCH3 is 1. The number of fused-ring (bicyclic) bond motifs is 1. The van der Waals surface area contributed by atoms with Crippen molar-refractivity contribution < 1.29 is 48.0 Å².